The molecule has 2 bridgehead atoms. The number of sulfonamides is 1. The number of hydrogen-bond donors (Lipinski definition) is 4. The molecule has 2 aliphatic heterocycles. The third-order valence-electron chi connectivity index (χ3n) is 4.91. The van der Waals surface area contributed by atoms with Crippen LogP contribution in [-0.4, -0.2) is 54.0 Å². The number of phenols is 1. The van der Waals surface area contributed by atoms with Crippen molar-refractivity contribution in [3.63, 3.8) is 0 Å². The van der Waals surface area contributed by atoms with Crippen molar-refractivity contribution in [2.24, 2.45) is 0 Å². The maximum Gasteiger partial charge on any atom is 0.323 e. The van der Waals surface area contributed by atoms with E-state index < -0.39 is 26.7 Å². The van der Waals surface area contributed by atoms with E-state index in [9.17, 15) is 18.3 Å². The zero-order valence-electron chi connectivity index (χ0n) is 14.9. The van der Waals surface area contributed by atoms with Gasteiger partial charge in [0.05, 0.1) is 16.4 Å². The number of nitrogens with zero attached hydrogens (tertiary/aromatic N) is 2. The SMILES string of the molecule is O=C(Nc1cccnc1Cl)Nc1ccc(Cl)c(S(=O)(=O)N2C[C@H]3C[C@H]2CN3)c1O. The van der Waals surface area contributed by atoms with Crippen LogP contribution < -0.4 is 16.0 Å². The molecule has 9 nitrogen and oxygen atoms in total. The summed E-state index contributed by atoms with van der Waals surface area (Å²) in [5.41, 5.74) is 0.154. The van der Waals surface area contributed by atoms with Gasteiger partial charge in [-0.05, 0) is 30.7 Å². The van der Waals surface area contributed by atoms with Gasteiger partial charge in [-0.1, -0.05) is 23.2 Å². The highest BCUT2D eigenvalue weighted by atomic mass is 35.5. The fourth-order valence-electron chi connectivity index (χ4n) is 3.58. The Kier molecular flexibility index (Phi) is 5.30. The summed E-state index contributed by atoms with van der Waals surface area (Å²) in [7, 11) is -4.05. The summed E-state index contributed by atoms with van der Waals surface area (Å²) >= 11 is 12.0. The number of pyridine rings is 1. The van der Waals surface area contributed by atoms with E-state index in [1.54, 1.807) is 12.1 Å². The zero-order valence-corrected chi connectivity index (χ0v) is 17.2. The van der Waals surface area contributed by atoms with E-state index in [1.165, 1.54) is 22.6 Å². The lowest BCUT2D eigenvalue weighted by Crippen LogP contribution is -2.46. The van der Waals surface area contributed by atoms with Gasteiger partial charge in [0.1, 0.15) is 4.90 Å². The van der Waals surface area contributed by atoms with Crippen molar-refractivity contribution < 1.29 is 18.3 Å². The van der Waals surface area contributed by atoms with Crippen LogP contribution in [0, 0.1) is 0 Å². The number of carbonyl (C=O) groups is 1. The van der Waals surface area contributed by atoms with Gasteiger partial charge in [-0.15, -0.1) is 0 Å². The van der Waals surface area contributed by atoms with E-state index in [1.807, 2.05) is 0 Å². The summed E-state index contributed by atoms with van der Waals surface area (Å²) in [5, 5.41) is 18.7. The van der Waals surface area contributed by atoms with Crippen LogP contribution in [0.2, 0.25) is 10.2 Å². The molecule has 0 saturated carbocycles. The Balaban J connectivity index is 1.60. The predicted molar refractivity (Wildman–Crippen MR) is 109 cm³/mol. The summed E-state index contributed by atoms with van der Waals surface area (Å²) in [6.07, 6.45) is 2.18. The molecule has 0 unspecified atom stereocenters. The number of piperazine rings is 1. The topological polar surface area (TPSA) is 124 Å². The second-order valence-corrected chi connectivity index (χ2v) is 9.36. The molecule has 0 aliphatic carbocycles. The van der Waals surface area contributed by atoms with Crippen molar-refractivity contribution in [1.82, 2.24) is 14.6 Å². The fourth-order valence-corrected chi connectivity index (χ4v) is 6.03. The molecule has 2 atom stereocenters. The normalized spacial score (nSPS) is 21.3. The molecule has 4 rings (SSSR count). The molecule has 2 fully saturated rings. The second kappa shape index (κ2) is 7.62. The number of rotatable bonds is 4. The number of nitrogens with one attached hydrogen (secondary N) is 3. The van der Waals surface area contributed by atoms with E-state index >= 15 is 0 Å². The first kappa shape index (κ1) is 20.2. The number of amides is 2. The Labute approximate surface area is 177 Å². The van der Waals surface area contributed by atoms with Gasteiger partial charge in [0, 0.05) is 31.4 Å². The molecule has 2 saturated heterocycles. The molecule has 154 valence electrons. The number of fused-ring (bicyclic) bond motifs is 2. The Morgan fingerprint density at radius 2 is 2.00 bits per heavy atom. The number of phenolic OH excluding ortho intramolecular Hbond substituents is 1. The standard InChI is InChI=1S/C17H17Cl2N5O4S/c18-11-3-4-12(22-17(26)23-13-2-1-5-20-16(13)19)14(25)15(11)29(27,28)24-8-9-6-10(24)7-21-9/h1-5,9-10,21,25H,6-8H2,(H2,22,23,26)/t9-,10+/m1/s1. The summed E-state index contributed by atoms with van der Waals surface area (Å²) in [4.78, 5) is 15.7. The van der Waals surface area contributed by atoms with Crippen LogP contribution in [0.25, 0.3) is 0 Å². The van der Waals surface area contributed by atoms with Crippen molar-refractivity contribution in [2.75, 3.05) is 23.7 Å². The van der Waals surface area contributed by atoms with Gasteiger partial charge in [-0.3, -0.25) is 0 Å². The van der Waals surface area contributed by atoms with Crippen molar-refractivity contribution >= 4 is 50.6 Å². The highest BCUT2D eigenvalue weighted by Crippen LogP contribution is 2.41. The van der Waals surface area contributed by atoms with Gasteiger partial charge in [-0.25, -0.2) is 18.2 Å². The van der Waals surface area contributed by atoms with E-state index in [0.717, 1.165) is 0 Å². The first-order valence-electron chi connectivity index (χ1n) is 8.72. The third kappa shape index (κ3) is 3.74. The number of anilines is 2. The molecule has 2 aliphatic rings. The minimum absolute atomic E-state index is 0.0870. The van der Waals surface area contributed by atoms with E-state index in [4.69, 9.17) is 23.2 Å². The van der Waals surface area contributed by atoms with Gasteiger partial charge >= 0.3 is 6.03 Å². The Morgan fingerprint density at radius 3 is 2.66 bits per heavy atom. The van der Waals surface area contributed by atoms with E-state index in [-0.39, 0.29) is 33.6 Å². The molecule has 2 aromatic rings. The third-order valence-corrected chi connectivity index (χ3v) is 7.63. The quantitative estimate of drug-likeness (QED) is 0.412. The minimum Gasteiger partial charge on any atom is -0.504 e. The molecular weight excluding hydrogens is 441 g/mol. The van der Waals surface area contributed by atoms with Crippen LogP contribution in [0.3, 0.4) is 0 Å². The first-order chi connectivity index (χ1) is 13.8. The van der Waals surface area contributed by atoms with Crippen LogP contribution in [0.5, 0.6) is 5.75 Å². The van der Waals surface area contributed by atoms with Gasteiger partial charge < -0.3 is 21.1 Å². The van der Waals surface area contributed by atoms with Crippen molar-refractivity contribution in [2.45, 2.75) is 23.4 Å². The second-order valence-electron chi connectivity index (χ2n) is 6.76. The molecule has 0 spiro atoms. The average Bonchev–Trinajstić information content (AvgIpc) is 3.30. The largest absolute Gasteiger partial charge is 0.504 e. The Morgan fingerprint density at radius 1 is 1.24 bits per heavy atom. The molecule has 4 N–H and O–H groups in total. The zero-order chi connectivity index (χ0) is 20.8. The lowest BCUT2D eigenvalue weighted by Gasteiger charge is -2.27. The van der Waals surface area contributed by atoms with Crippen molar-refractivity contribution in [3.8, 4) is 5.75 Å². The summed E-state index contributed by atoms with van der Waals surface area (Å²) in [5.74, 6) is -0.624. The van der Waals surface area contributed by atoms with Crippen LogP contribution in [0.4, 0.5) is 16.2 Å². The van der Waals surface area contributed by atoms with E-state index in [2.05, 4.69) is 20.9 Å². The maximum atomic E-state index is 13.1. The van der Waals surface area contributed by atoms with Crippen molar-refractivity contribution in [1.29, 1.82) is 0 Å². The molecule has 1 aromatic heterocycles. The van der Waals surface area contributed by atoms with Crippen LogP contribution in [0.15, 0.2) is 35.4 Å². The molecule has 3 heterocycles. The highest BCUT2D eigenvalue weighted by molar-refractivity contribution is 7.89. The highest BCUT2D eigenvalue weighted by Gasteiger charge is 2.45. The van der Waals surface area contributed by atoms with E-state index in [0.29, 0.717) is 19.5 Å². The maximum absolute atomic E-state index is 13.1. The number of carbonyl (C=O) groups excluding carboxylic acids is 1. The monoisotopic (exact) mass is 457 g/mol. The summed E-state index contributed by atoms with van der Waals surface area (Å²) in [6.45, 7) is 0.856. The van der Waals surface area contributed by atoms with Crippen LogP contribution in [-0.2, 0) is 10.0 Å². The number of aromatic nitrogens is 1. The molecule has 1 aromatic carbocycles. The number of benzene rings is 1. The Hall–Kier alpha value is -2.11. The van der Waals surface area contributed by atoms with Gasteiger partial charge in [0.15, 0.2) is 10.9 Å². The van der Waals surface area contributed by atoms with Gasteiger partial charge in [0.2, 0.25) is 10.0 Å². The average molecular weight is 458 g/mol. The minimum atomic E-state index is -4.05. The molecule has 29 heavy (non-hydrogen) atoms. The van der Waals surface area contributed by atoms with Crippen LogP contribution in [0.1, 0.15) is 6.42 Å². The molecule has 12 heteroatoms. The first-order valence-corrected chi connectivity index (χ1v) is 10.9. The lowest BCUT2D eigenvalue weighted by atomic mass is 10.2. The smallest absolute Gasteiger partial charge is 0.323 e. The molecular formula is C17H17Cl2N5O4S. The number of halogens is 2. The van der Waals surface area contributed by atoms with Crippen molar-refractivity contribution in [3.05, 3.63) is 40.6 Å². The Bertz CT molecular complexity index is 1080. The lowest BCUT2D eigenvalue weighted by molar-refractivity contribution is 0.262. The molecule has 2 amide bonds. The van der Waals surface area contributed by atoms with Gasteiger partial charge in [-0.2, -0.15) is 4.31 Å². The fraction of sp³-hybridized carbons (Fsp3) is 0.294. The summed E-state index contributed by atoms with van der Waals surface area (Å²) in [6, 6.07) is 4.94. The predicted octanol–water partition coefficient (Wildman–Crippen LogP) is 2.47. The van der Waals surface area contributed by atoms with Gasteiger partial charge in [0.25, 0.3) is 0 Å². The molecule has 0 radical (unpaired) electrons. The number of aromatic hydroxyl groups is 1. The summed E-state index contributed by atoms with van der Waals surface area (Å²) < 4.78 is 27.6. The number of urea groups is 1. The van der Waals surface area contributed by atoms with Crippen LogP contribution >= 0.6 is 23.2 Å². The number of hydrogen-bond acceptors (Lipinski definition) is 6.